The van der Waals surface area contributed by atoms with E-state index in [0.717, 1.165) is 82.6 Å². The van der Waals surface area contributed by atoms with Crippen LogP contribution in [0, 0.1) is 48.3 Å². The maximum Gasteiger partial charge on any atom is 1.00 e. The maximum atomic E-state index is 13.3. The number of allylic oxidation sites excluding steroid dienone is 4. The standard InChI is InChI=1S/C35H54O8S.C31H54O5.HI.Na/c1-5-6-7-10-13-21-35(40-23-24-41-35)22-20-31-29(26-42-44(38,39)30-18-16-28(4)17-19-30)25-33(36)32(31)14-11-8-9-12-15-34(37)43-27(2)3;1-6-7-8-11-14-18-31(34-20-21-35-31)19-17-27-26(22-24(2)3)23-29(32)28(27)15-12-9-10-13-16-30(33)36-25(4)5;;/h8,11,16-19,27,29,31-32H,5-7,9-10,12-15,20-26H2,1-4H3;9,12,24-28H,6-8,10-11,13-23H2,1-5H3;1H;/q;;;+1/p-1/t29-,31-,32?;26-,27+,28?;;/m01../s1. The Bertz CT molecular complexity index is 2120. The minimum atomic E-state index is -3.94. The third-order valence-corrected chi connectivity index (χ3v) is 17.8. The number of hydrogen-bond acceptors (Lipinski definition) is 13. The van der Waals surface area contributed by atoms with Crippen molar-refractivity contribution < 1.29 is 114 Å². The summed E-state index contributed by atoms with van der Waals surface area (Å²) in [7, 11) is -3.94. The number of carbonyl (C=O) groups excluding carboxylic acids is 4. The van der Waals surface area contributed by atoms with Gasteiger partial charge in [0.25, 0.3) is 10.1 Å². The number of ether oxygens (including phenoxy) is 6. The van der Waals surface area contributed by atoms with Crippen LogP contribution in [0.25, 0.3) is 0 Å². The fourth-order valence-electron chi connectivity index (χ4n) is 12.4. The molecule has 1 aromatic rings. The summed E-state index contributed by atoms with van der Waals surface area (Å²) in [4.78, 5) is 50.0. The molecular formula is C66H108INaO13S. The number of unbranched alkanes of at least 4 members (excludes halogenated alkanes) is 10. The number of aryl methyl sites for hydroxylation is 1. The zero-order chi connectivity index (χ0) is 58.4. The number of carbonyl (C=O) groups is 4. The van der Waals surface area contributed by atoms with Crippen molar-refractivity contribution in [2.75, 3.05) is 33.0 Å². The second-order valence-corrected chi connectivity index (χ2v) is 26.1. The first-order valence-electron chi connectivity index (χ1n) is 31.6. The van der Waals surface area contributed by atoms with E-state index in [-0.39, 0.29) is 119 Å². The van der Waals surface area contributed by atoms with E-state index in [9.17, 15) is 27.6 Å². The topological polar surface area (TPSA) is 167 Å². The molecule has 0 amide bonds. The Balaban J connectivity index is 0.000000557. The van der Waals surface area contributed by atoms with Crippen molar-refractivity contribution >= 4 is 33.6 Å². The molecule has 4 aliphatic rings. The molecule has 0 bridgehead atoms. The van der Waals surface area contributed by atoms with Gasteiger partial charge in [0.05, 0.1) is 50.1 Å². The van der Waals surface area contributed by atoms with Crippen LogP contribution in [0.1, 0.15) is 234 Å². The molecule has 16 heteroatoms. The van der Waals surface area contributed by atoms with Gasteiger partial charge in [0.1, 0.15) is 11.6 Å². The largest absolute Gasteiger partial charge is 1.00 e. The molecule has 2 heterocycles. The first kappa shape index (κ1) is 76.6. The van der Waals surface area contributed by atoms with Crippen LogP contribution in [0.2, 0.25) is 0 Å². The fraction of sp³-hybridized carbons (Fsp3) is 0.788. The molecule has 5 rings (SSSR count). The molecule has 82 heavy (non-hydrogen) atoms. The molecule has 464 valence electrons. The van der Waals surface area contributed by atoms with Crippen molar-refractivity contribution in [2.45, 2.75) is 264 Å². The van der Waals surface area contributed by atoms with Gasteiger partial charge in [-0.1, -0.05) is 121 Å². The van der Waals surface area contributed by atoms with Crippen molar-refractivity contribution in [1.29, 1.82) is 0 Å². The molecule has 2 aliphatic heterocycles. The van der Waals surface area contributed by atoms with Crippen LogP contribution >= 0.6 is 0 Å². The minimum absolute atomic E-state index is 0. The SMILES string of the molecule is CCCCCCCC1(CC[C@@H]2C(CC=CCCCC(=O)OC(C)C)C(=O)C[C@H]2CC(C)C)OCCO1.CCCCCCCC1(CC[C@@H]2C(CC=CCCCC(=O)OC(C)C)C(=O)C[C@H]2COS(=O)(=O)c2ccc(C)cc2)OCCO1.[I-].[Na+]. The number of rotatable bonds is 38. The summed E-state index contributed by atoms with van der Waals surface area (Å²) in [6, 6.07) is 6.60. The van der Waals surface area contributed by atoms with Crippen LogP contribution < -0.4 is 53.5 Å². The van der Waals surface area contributed by atoms with Gasteiger partial charge in [-0.15, -0.1) is 0 Å². The molecule has 1 aromatic carbocycles. The van der Waals surface area contributed by atoms with Crippen LogP contribution in [0.5, 0.6) is 0 Å². The monoisotopic (exact) mass is 1290 g/mol. The van der Waals surface area contributed by atoms with Crippen LogP contribution in [0.15, 0.2) is 53.5 Å². The van der Waals surface area contributed by atoms with Crippen LogP contribution in [0.4, 0.5) is 0 Å². The Kier molecular flexibility index (Phi) is 38.8. The smallest absolute Gasteiger partial charge is 1.00 e. The molecule has 2 saturated carbocycles. The molecule has 6 atom stereocenters. The average Bonchev–Trinajstić information content (AvgIpc) is 4.31. The summed E-state index contributed by atoms with van der Waals surface area (Å²) in [5, 5.41) is 0. The second kappa shape index (κ2) is 41.6. The second-order valence-electron chi connectivity index (χ2n) is 24.5. The summed E-state index contributed by atoms with van der Waals surface area (Å²) in [5.74, 6) is 0.233. The first-order chi connectivity index (χ1) is 38.3. The molecule has 0 N–H and O–H groups in total. The number of hydrogen-bond donors (Lipinski definition) is 0. The van der Waals surface area contributed by atoms with Crippen molar-refractivity contribution in [1.82, 2.24) is 0 Å². The Hall–Kier alpha value is -1.54. The van der Waals surface area contributed by atoms with E-state index in [4.69, 9.17) is 32.6 Å². The average molecular weight is 1290 g/mol. The minimum Gasteiger partial charge on any atom is -1.00 e. The van der Waals surface area contributed by atoms with Crippen molar-refractivity contribution in [3.8, 4) is 0 Å². The number of halogens is 1. The summed E-state index contributed by atoms with van der Waals surface area (Å²) in [5.41, 5.74) is 0.965. The molecule has 2 unspecified atom stereocenters. The third kappa shape index (κ3) is 28.5. The van der Waals surface area contributed by atoms with E-state index in [1.165, 1.54) is 44.9 Å². The zero-order valence-electron chi connectivity index (χ0n) is 52.5. The van der Waals surface area contributed by atoms with E-state index < -0.39 is 21.7 Å². The third-order valence-electron chi connectivity index (χ3n) is 16.5. The summed E-state index contributed by atoms with van der Waals surface area (Å²) in [6.45, 7) is 20.8. The van der Waals surface area contributed by atoms with Crippen molar-refractivity contribution in [2.24, 2.45) is 41.4 Å². The molecule has 0 aromatic heterocycles. The van der Waals surface area contributed by atoms with E-state index in [2.05, 4.69) is 39.8 Å². The predicted octanol–water partition coefficient (Wildman–Crippen LogP) is 9.29. The van der Waals surface area contributed by atoms with Crippen LogP contribution in [-0.4, -0.2) is 88.7 Å². The van der Waals surface area contributed by atoms with Crippen LogP contribution in [-0.2, 0) is 61.9 Å². The van der Waals surface area contributed by atoms with Gasteiger partial charge < -0.3 is 52.4 Å². The number of esters is 2. The molecule has 0 spiro atoms. The fourth-order valence-corrected chi connectivity index (χ4v) is 13.4. The van der Waals surface area contributed by atoms with Gasteiger partial charge in [-0.2, -0.15) is 8.42 Å². The van der Waals surface area contributed by atoms with Gasteiger partial charge in [0.2, 0.25) is 0 Å². The molecule has 2 saturated heterocycles. The molecule has 0 radical (unpaired) electrons. The van der Waals surface area contributed by atoms with Crippen LogP contribution in [0.3, 0.4) is 0 Å². The van der Waals surface area contributed by atoms with E-state index in [1.807, 2.05) is 46.8 Å². The summed E-state index contributed by atoms with van der Waals surface area (Å²) in [6.07, 6.45) is 32.6. The number of Topliss-reactive ketones (excluding diaryl/α,β-unsaturated/α-hetero) is 2. The van der Waals surface area contributed by atoms with Gasteiger partial charge in [0, 0.05) is 63.2 Å². The van der Waals surface area contributed by atoms with Gasteiger partial charge >= 0.3 is 41.5 Å². The summed E-state index contributed by atoms with van der Waals surface area (Å²) >= 11 is 0. The number of benzene rings is 1. The Morgan fingerprint density at radius 1 is 0.598 bits per heavy atom. The van der Waals surface area contributed by atoms with E-state index in [0.29, 0.717) is 101 Å². The Morgan fingerprint density at radius 2 is 1.01 bits per heavy atom. The normalized spacial score (nSPS) is 22.3. The van der Waals surface area contributed by atoms with Gasteiger partial charge in [-0.25, -0.2) is 0 Å². The molecule has 4 fully saturated rings. The molecule has 2 aliphatic carbocycles. The maximum absolute atomic E-state index is 13.3. The quantitative estimate of drug-likeness (QED) is 0.0154. The predicted molar refractivity (Wildman–Crippen MR) is 316 cm³/mol. The van der Waals surface area contributed by atoms with Gasteiger partial charge in [-0.3, -0.25) is 23.4 Å². The van der Waals surface area contributed by atoms with E-state index in [1.54, 1.807) is 24.3 Å². The Labute approximate surface area is 536 Å². The zero-order valence-corrected chi connectivity index (χ0v) is 57.5. The van der Waals surface area contributed by atoms with E-state index >= 15 is 0 Å². The van der Waals surface area contributed by atoms with Crippen molar-refractivity contribution in [3.63, 3.8) is 0 Å². The van der Waals surface area contributed by atoms with Crippen molar-refractivity contribution in [3.05, 3.63) is 54.1 Å². The molecular weight excluding hydrogens is 1180 g/mol. The Morgan fingerprint density at radius 3 is 1.43 bits per heavy atom. The van der Waals surface area contributed by atoms with Gasteiger partial charge in [0.15, 0.2) is 11.6 Å². The molecule has 13 nitrogen and oxygen atoms in total. The first-order valence-corrected chi connectivity index (χ1v) is 33.0. The van der Waals surface area contributed by atoms with Gasteiger partial charge in [-0.05, 0) is 147 Å². The number of ketones is 2. The summed E-state index contributed by atoms with van der Waals surface area (Å²) < 4.78 is 66.6.